The van der Waals surface area contributed by atoms with E-state index in [-0.39, 0.29) is 22.1 Å². The van der Waals surface area contributed by atoms with Gasteiger partial charge in [-0.3, -0.25) is 9.40 Å². The number of anilines is 2. The highest BCUT2D eigenvalue weighted by Gasteiger charge is 2.20. The van der Waals surface area contributed by atoms with Crippen molar-refractivity contribution in [2.75, 3.05) is 10.5 Å². The molecule has 31 heavy (non-hydrogen) atoms. The first-order valence-electron chi connectivity index (χ1n) is 9.20. The van der Waals surface area contributed by atoms with Gasteiger partial charge in [-0.05, 0) is 48.4 Å². The van der Waals surface area contributed by atoms with Crippen LogP contribution < -0.4 is 10.5 Å². The van der Waals surface area contributed by atoms with Crippen LogP contribution in [0.1, 0.15) is 5.56 Å². The molecule has 0 radical (unpaired) electrons. The molecular formula is C21H17F3N4O2S. The van der Waals surface area contributed by atoms with Gasteiger partial charge in [0.2, 0.25) is 0 Å². The van der Waals surface area contributed by atoms with Crippen molar-refractivity contribution in [2.45, 2.75) is 17.9 Å². The number of halogens is 3. The molecule has 0 unspecified atom stereocenters. The lowest BCUT2D eigenvalue weighted by Gasteiger charge is -2.11. The van der Waals surface area contributed by atoms with Crippen LogP contribution in [0.5, 0.6) is 0 Å². The fourth-order valence-corrected chi connectivity index (χ4v) is 4.36. The molecule has 0 spiro atoms. The molecule has 0 atom stereocenters. The van der Waals surface area contributed by atoms with Gasteiger partial charge in [0.25, 0.3) is 10.0 Å². The maximum atomic E-state index is 13.9. The minimum Gasteiger partial charge on any atom is -0.397 e. The molecule has 0 saturated heterocycles. The number of aryl methyl sites for hydroxylation is 2. The number of sulfonamides is 1. The number of nitrogens with one attached hydrogen (secondary N) is 1. The Morgan fingerprint density at radius 3 is 2.39 bits per heavy atom. The first kappa shape index (κ1) is 20.7. The van der Waals surface area contributed by atoms with E-state index in [1.54, 1.807) is 16.8 Å². The SMILES string of the molecule is Nc1cc(S(=O)(=O)Nc2ccc(F)cc2F)cc2cnn(CCc3ccc(F)cc3)c12. The van der Waals surface area contributed by atoms with Crippen LogP contribution >= 0.6 is 0 Å². The number of hydrogen-bond acceptors (Lipinski definition) is 4. The zero-order valence-electron chi connectivity index (χ0n) is 16.0. The third kappa shape index (κ3) is 4.33. The number of nitrogens with two attached hydrogens (primary N) is 1. The van der Waals surface area contributed by atoms with Gasteiger partial charge in [-0.2, -0.15) is 5.10 Å². The molecule has 0 aliphatic rings. The highest BCUT2D eigenvalue weighted by atomic mass is 32.2. The maximum Gasteiger partial charge on any atom is 0.262 e. The molecule has 4 rings (SSSR count). The summed E-state index contributed by atoms with van der Waals surface area (Å²) in [6, 6.07) is 11.3. The number of hydrogen-bond donors (Lipinski definition) is 2. The summed E-state index contributed by atoms with van der Waals surface area (Å²) in [5.41, 5.74) is 7.36. The van der Waals surface area contributed by atoms with E-state index in [4.69, 9.17) is 5.73 Å². The molecule has 6 nitrogen and oxygen atoms in total. The molecule has 1 heterocycles. The summed E-state index contributed by atoms with van der Waals surface area (Å²) in [6.07, 6.45) is 2.05. The van der Waals surface area contributed by atoms with Gasteiger partial charge in [0.15, 0.2) is 0 Å². The van der Waals surface area contributed by atoms with Crippen LogP contribution in [0.15, 0.2) is 65.7 Å². The van der Waals surface area contributed by atoms with E-state index >= 15 is 0 Å². The molecule has 0 aliphatic carbocycles. The predicted octanol–water partition coefficient (Wildman–Crippen LogP) is 4.08. The topological polar surface area (TPSA) is 90.0 Å². The average molecular weight is 446 g/mol. The highest BCUT2D eigenvalue weighted by Crippen LogP contribution is 2.28. The zero-order valence-corrected chi connectivity index (χ0v) is 16.8. The predicted molar refractivity (Wildman–Crippen MR) is 111 cm³/mol. The molecular weight excluding hydrogens is 429 g/mol. The lowest BCUT2D eigenvalue weighted by atomic mass is 10.1. The van der Waals surface area contributed by atoms with Crippen molar-refractivity contribution in [3.8, 4) is 0 Å². The van der Waals surface area contributed by atoms with Gasteiger partial charge in [0, 0.05) is 18.0 Å². The maximum absolute atomic E-state index is 13.9. The summed E-state index contributed by atoms with van der Waals surface area (Å²) in [7, 11) is -4.18. The van der Waals surface area contributed by atoms with Gasteiger partial charge in [-0.1, -0.05) is 12.1 Å². The molecule has 0 amide bonds. The monoisotopic (exact) mass is 446 g/mol. The van der Waals surface area contributed by atoms with Gasteiger partial charge in [0.1, 0.15) is 17.5 Å². The Morgan fingerprint density at radius 1 is 0.968 bits per heavy atom. The van der Waals surface area contributed by atoms with E-state index in [0.717, 1.165) is 17.7 Å². The van der Waals surface area contributed by atoms with E-state index in [1.807, 2.05) is 0 Å². The van der Waals surface area contributed by atoms with Crippen LogP contribution in [-0.2, 0) is 23.0 Å². The van der Waals surface area contributed by atoms with Crippen molar-refractivity contribution in [1.82, 2.24) is 9.78 Å². The number of rotatable bonds is 6. The lowest BCUT2D eigenvalue weighted by Crippen LogP contribution is -2.14. The van der Waals surface area contributed by atoms with Gasteiger partial charge in [0.05, 0.1) is 28.0 Å². The first-order valence-corrected chi connectivity index (χ1v) is 10.7. The summed E-state index contributed by atoms with van der Waals surface area (Å²) in [4.78, 5) is -0.181. The summed E-state index contributed by atoms with van der Waals surface area (Å²) in [5, 5.41) is 4.75. The van der Waals surface area contributed by atoms with E-state index < -0.39 is 21.7 Å². The second-order valence-electron chi connectivity index (χ2n) is 6.92. The Hall–Kier alpha value is -3.53. The summed E-state index contributed by atoms with van der Waals surface area (Å²) >= 11 is 0. The van der Waals surface area contributed by atoms with Crippen molar-refractivity contribution in [3.05, 3.63) is 83.8 Å². The number of benzene rings is 3. The van der Waals surface area contributed by atoms with Crippen molar-refractivity contribution in [2.24, 2.45) is 0 Å². The molecule has 0 fully saturated rings. The molecule has 0 bridgehead atoms. The normalized spacial score (nSPS) is 11.7. The summed E-state index contributed by atoms with van der Waals surface area (Å²) in [5.74, 6) is -2.18. The zero-order chi connectivity index (χ0) is 22.2. The van der Waals surface area contributed by atoms with Gasteiger partial charge in [-0.15, -0.1) is 0 Å². The quantitative estimate of drug-likeness (QED) is 0.437. The smallest absolute Gasteiger partial charge is 0.262 e. The Bertz CT molecular complexity index is 1370. The van der Waals surface area contributed by atoms with Crippen molar-refractivity contribution in [1.29, 1.82) is 0 Å². The molecule has 0 saturated carbocycles. The second kappa shape index (κ2) is 7.95. The van der Waals surface area contributed by atoms with E-state index in [0.29, 0.717) is 29.9 Å². The molecule has 4 aromatic rings. The molecule has 3 N–H and O–H groups in total. The molecule has 1 aromatic heterocycles. The third-order valence-electron chi connectivity index (χ3n) is 4.75. The number of nitrogen functional groups attached to an aromatic ring is 1. The molecule has 160 valence electrons. The molecule has 10 heteroatoms. The Labute approximate surface area is 176 Å². The van der Waals surface area contributed by atoms with Gasteiger partial charge >= 0.3 is 0 Å². The van der Waals surface area contributed by atoms with E-state index in [1.165, 1.54) is 30.5 Å². The van der Waals surface area contributed by atoms with Crippen molar-refractivity contribution < 1.29 is 21.6 Å². The third-order valence-corrected chi connectivity index (χ3v) is 6.09. The van der Waals surface area contributed by atoms with Crippen molar-refractivity contribution in [3.63, 3.8) is 0 Å². The van der Waals surface area contributed by atoms with Crippen LogP contribution in [0.2, 0.25) is 0 Å². The largest absolute Gasteiger partial charge is 0.397 e. The van der Waals surface area contributed by atoms with Gasteiger partial charge < -0.3 is 5.73 Å². The van der Waals surface area contributed by atoms with Crippen LogP contribution in [0, 0.1) is 17.5 Å². The van der Waals surface area contributed by atoms with Crippen LogP contribution in [0.3, 0.4) is 0 Å². The molecule has 0 aliphatic heterocycles. The Kier molecular flexibility index (Phi) is 5.32. The number of aromatic nitrogens is 2. The fourth-order valence-electron chi connectivity index (χ4n) is 3.22. The fraction of sp³-hybridized carbons (Fsp3) is 0.0952. The summed E-state index contributed by atoms with van der Waals surface area (Å²) < 4.78 is 69.1. The van der Waals surface area contributed by atoms with Crippen LogP contribution in [0.4, 0.5) is 24.5 Å². The number of fused-ring (bicyclic) bond motifs is 1. The standard InChI is InChI=1S/C21H17F3N4O2S/c22-15-3-1-13(2-4-15)7-8-28-21-14(12-26-28)9-17(11-19(21)25)31(29,30)27-20-6-5-16(23)10-18(20)24/h1-6,9-12,27H,7-8,25H2. The van der Waals surface area contributed by atoms with Crippen LogP contribution in [0.25, 0.3) is 10.9 Å². The summed E-state index contributed by atoms with van der Waals surface area (Å²) in [6.45, 7) is 0.449. The van der Waals surface area contributed by atoms with Crippen LogP contribution in [-0.4, -0.2) is 18.2 Å². The van der Waals surface area contributed by atoms with E-state index in [2.05, 4.69) is 9.82 Å². The van der Waals surface area contributed by atoms with Crippen molar-refractivity contribution >= 4 is 32.3 Å². The second-order valence-corrected chi connectivity index (χ2v) is 8.61. The van der Waals surface area contributed by atoms with E-state index in [9.17, 15) is 21.6 Å². The Balaban J connectivity index is 1.61. The molecule has 3 aromatic carbocycles. The Morgan fingerprint density at radius 2 is 1.68 bits per heavy atom. The average Bonchev–Trinajstić information content (AvgIpc) is 3.13. The van der Waals surface area contributed by atoms with Gasteiger partial charge in [-0.25, -0.2) is 21.6 Å². The highest BCUT2D eigenvalue weighted by molar-refractivity contribution is 7.92. The lowest BCUT2D eigenvalue weighted by molar-refractivity contribution is 0.583. The number of nitrogens with zero attached hydrogens (tertiary/aromatic N) is 2. The first-order chi connectivity index (χ1) is 14.7. The minimum atomic E-state index is -4.18. The minimum absolute atomic E-state index is 0.175.